The Hall–Kier alpha value is -1.29. The summed E-state index contributed by atoms with van der Waals surface area (Å²) in [4.78, 5) is 13.9. The third kappa shape index (κ3) is 2.75. The second kappa shape index (κ2) is 3.92. The molecule has 0 unspecified atom stereocenters. The van der Waals surface area contributed by atoms with Gasteiger partial charge in [-0.25, -0.2) is 9.78 Å². The largest absolute Gasteiger partial charge is 0.465 e. The van der Waals surface area contributed by atoms with Crippen molar-refractivity contribution in [3.63, 3.8) is 0 Å². The predicted molar refractivity (Wildman–Crippen MR) is 44.1 cm³/mol. The zero-order valence-electron chi connectivity index (χ0n) is 6.12. The second-order valence-corrected chi connectivity index (χ2v) is 2.53. The number of nitrogens with one attached hydrogen (secondary N) is 1. The molecule has 4 nitrogen and oxygen atoms in total. The number of hydrogen-bond acceptors (Lipinski definition) is 2. The minimum absolute atomic E-state index is 0.248. The molecule has 12 heavy (non-hydrogen) atoms. The van der Waals surface area contributed by atoms with Gasteiger partial charge in [-0.2, -0.15) is 0 Å². The van der Waals surface area contributed by atoms with Crippen LogP contribution >= 0.6 is 11.6 Å². The van der Waals surface area contributed by atoms with Crippen LogP contribution in [0.15, 0.2) is 18.3 Å². The number of halogens is 1. The molecule has 0 aliphatic heterocycles. The SMILES string of the molecule is O=C(O)NCc1ccnc(Cl)c1. The van der Waals surface area contributed by atoms with Gasteiger partial charge in [0.15, 0.2) is 0 Å². The first-order valence-corrected chi connectivity index (χ1v) is 3.63. The molecule has 1 aromatic heterocycles. The van der Waals surface area contributed by atoms with E-state index in [4.69, 9.17) is 16.7 Å². The van der Waals surface area contributed by atoms with Crippen LogP contribution in [0.3, 0.4) is 0 Å². The molecule has 0 atom stereocenters. The minimum atomic E-state index is -1.05. The number of carbonyl (C=O) groups is 1. The van der Waals surface area contributed by atoms with Gasteiger partial charge in [-0.15, -0.1) is 0 Å². The first kappa shape index (κ1) is 8.80. The van der Waals surface area contributed by atoms with Gasteiger partial charge in [-0.3, -0.25) is 0 Å². The molecular weight excluding hydrogens is 180 g/mol. The first-order chi connectivity index (χ1) is 5.68. The highest BCUT2D eigenvalue weighted by Crippen LogP contribution is 2.06. The van der Waals surface area contributed by atoms with E-state index in [-0.39, 0.29) is 6.54 Å². The monoisotopic (exact) mass is 186 g/mol. The maximum atomic E-state index is 10.1. The summed E-state index contributed by atoms with van der Waals surface area (Å²) in [5.41, 5.74) is 0.789. The molecule has 0 fully saturated rings. The molecule has 1 heterocycles. The average Bonchev–Trinajstić information content (AvgIpc) is 2.01. The molecule has 0 aromatic carbocycles. The van der Waals surface area contributed by atoms with E-state index in [2.05, 4.69) is 10.3 Å². The zero-order valence-corrected chi connectivity index (χ0v) is 6.88. The summed E-state index contributed by atoms with van der Waals surface area (Å²) in [7, 11) is 0. The van der Waals surface area contributed by atoms with Crippen LogP contribution in [0.1, 0.15) is 5.56 Å². The summed E-state index contributed by atoms with van der Waals surface area (Å²) in [6, 6.07) is 3.30. The Morgan fingerprint density at radius 1 is 1.75 bits per heavy atom. The van der Waals surface area contributed by atoms with Gasteiger partial charge >= 0.3 is 6.09 Å². The normalized spacial score (nSPS) is 9.42. The van der Waals surface area contributed by atoms with Gasteiger partial charge in [0.1, 0.15) is 5.15 Å². The standard InChI is InChI=1S/C7H7ClN2O2/c8-6-3-5(1-2-9-6)4-10-7(11)12/h1-3,10H,4H2,(H,11,12). The van der Waals surface area contributed by atoms with Crippen molar-refractivity contribution in [1.29, 1.82) is 0 Å². The van der Waals surface area contributed by atoms with Crippen molar-refractivity contribution in [1.82, 2.24) is 10.3 Å². The summed E-state index contributed by atoms with van der Waals surface area (Å²) in [6.45, 7) is 0.248. The summed E-state index contributed by atoms with van der Waals surface area (Å²) in [6.07, 6.45) is 0.476. The van der Waals surface area contributed by atoms with Crippen LogP contribution in [-0.2, 0) is 6.54 Å². The van der Waals surface area contributed by atoms with Crippen molar-refractivity contribution >= 4 is 17.7 Å². The van der Waals surface area contributed by atoms with Crippen molar-refractivity contribution in [2.24, 2.45) is 0 Å². The number of nitrogens with zero attached hydrogens (tertiary/aromatic N) is 1. The van der Waals surface area contributed by atoms with E-state index >= 15 is 0 Å². The fraction of sp³-hybridized carbons (Fsp3) is 0.143. The van der Waals surface area contributed by atoms with Gasteiger partial charge in [-0.1, -0.05) is 11.6 Å². The van der Waals surface area contributed by atoms with E-state index in [1.165, 1.54) is 6.20 Å². The summed E-state index contributed by atoms with van der Waals surface area (Å²) in [5, 5.41) is 10.9. The highest BCUT2D eigenvalue weighted by molar-refractivity contribution is 6.29. The molecule has 5 heteroatoms. The topological polar surface area (TPSA) is 62.2 Å². The average molecular weight is 187 g/mol. The fourth-order valence-corrected chi connectivity index (χ4v) is 0.927. The number of pyridine rings is 1. The maximum absolute atomic E-state index is 10.1. The lowest BCUT2D eigenvalue weighted by Crippen LogP contribution is -2.19. The number of aromatic nitrogens is 1. The highest BCUT2D eigenvalue weighted by atomic mass is 35.5. The Kier molecular flexibility index (Phi) is 2.88. The molecule has 0 saturated carbocycles. The zero-order chi connectivity index (χ0) is 8.97. The molecule has 1 aromatic rings. The quantitative estimate of drug-likeness (QED) is 0.689. The van der Waals surface area contributed by atoms with Gasteiger partial charge in [0.2, 0.25) is 0 Å². The third-order valence-electron chi connectivity index (χ3n) is 1.23. The van der Waals surface area contributed by atoms with E-state index in [9.17, 15) is 4.79 Å². The van der Waals surface area contributed by atoms with Gasteiger partial charge in [0, 0.05) is 12.7 Å². The number of rotatable bonds is 2. The van der Waals surface area contributed by atoms with Crippen LogP contribution in [0.4, 0.5) is 4.79 Å². The summed E-state index contributed by atoms with van der Waals surface area (Å²) in [5.74, 6) is 0. The van der Waals surface area contributed by atoms with Gasteiger partial charge in [0.25, 0.3) is 0 Å². The molecule has 0 saturated heterocycles. The third-order valence-corrected chi connectivity index (χ3v) is 1.44. The Bertz CT molecular complexity index is 290. The van der Waals surface area contributed by atoms with E-state index in [1.54, 1.807) is 12.1 Å². The minimum Gasteiger partial charge on any atom is -0.465 e. The molecule has 0 bridgehead atoms. The smallest absolute Gasteiger partial charge is 0.404 e. The van der Waals surface area contributed by atoms with E-state index in [0.29, 0.717) is 5.15 Å². The Balaban J connectivity index is 2.57. The van der Waals surface area contributed by atoms with E-state index in [1.807, 2.05) is 0 Å². The molecule has 0 spiro atoms. The molecule has 0 radical (unpaired) electrons. The lowest BCUT2D eigenvalue weighted by Gasteiger charge is -2.00. The number of amides is 1. The van der Waals surface area contributed by atoms with Crippen molar-refractivity contribution in [3.8, 4) is 0 Å². The molecule has 0 aliphatic rings. The van der Waals surface area contributed by atoms with Crippen LogP contribution in [0, 0.1) is 0 Å². The Morgan fingerprint density at radius 2 is 2.50 bits per heavy atom. The van der Waals surface area contributed by atoms with Crippen molar-refractivity contribution in [3.05, 3.63) is 29.0 Å². The van der Waals surface area contributed by atoms with Gasteiger partial charge in [0.05, 0.1) is 0 Å². The predicted octanol–water partition coefficient (Wildman–Crippen LogP) is 1.50. The van der Waals surface area contributed by atoms with Crippen LogP contribution in [0.25, 0.3) is 0 Å². The molecule has 0 aliphatic carbocycles. The Labute approximate surface area is 74.2 Å². The molecule has 2 N–H and O–H groups in total. The summed E-state index contributed by atoms with van der Waals surface area (Å²) >= 11 is 5.57. The van der Waals surface area contributed by atoms with Crippen LogP contribution in [0.2, 0.25) is 5.15 Å². The van der Waals surface area contributed by atoms with Crippen LogP contribution < -0.4 is 5.32 Å². The number of carboxylic acid groups (broad SMARTS) is 1. The van der Waals surface area contributed by atoms with Crippen LogP contribution in [0.5, 0.6) is 0 Å². The Morgan fingerprint density at radius 3 is 3.08 bits per heavy atom. The molecular formula is C7H7ClN2O2. The molecule has 1 amide bonds. The lowest BCUT2D eigenvalue weighted by atomic mass is 10.3. The van der Waals surface area contributed by atoms with Crippen molar-refractivity contribution in [2.45, 2.75) is 6.54 Å². The molecule has 1 rings (SSSR count). The first-order valence-electron chi connectivity index (χ1n) is 3.25. The highest BCUT2D eigenvalue weighted by Gasteiger charge is 1.96. The van der Waals surface area contributed by atoms with Crippen molar-refractivity contribution < 1.29 is 9.90 Å². The van der Waals surface area contributed by atoms with E-state index in [0.717, 1.165) is 5.56 Å². The molecule has 64 valence electrons. The van der Waals surface area contributed by atoms with Gasteiger partial charge in [-0.05, 0) is 17.7 Å². The fourth-order valence-electron chi connectivity index (χ4n) is 0.730. The second-order valence-electron chi connectivity index (χ2n) is 2.15. The van der Waals surface area contributed by atoms with Crippen LogP contribution in [-0.4, -0.2) is 16.2 Å². The van der Waals surface area contributed by atoms with Gasteiger partial charge < -0.3 is 10.4 Å². The van der Waals surface area contributed by atoms with E-state index < -0.39 is 6.09 Å². The lowest BCUT2D eigenvalue weighted by molar-refractivity contribution is 0.194. The maximum Gasteiger partial charge on any atom is 0.404 e. The van der Waals surface area contributed by atoms with Crippen molar-refractivity contribution in [2.75, 3.05) is 0 Å². The summed E-state index contributed by atoms with van der Waals surface area (Å²) < 4.78 is 0. The number of hydrogen-bond donors (Lipinski definition) is 2.